The van der Waals surface area contributed by atoms with Gasteiger partial charge in [-0.3, -0.25) is 4.90 Å². The predicted octanol–water partition coefficient (Wildman–Crippen LogP) is 1.76. The Morgan fingerprint density at radius 3 is 2.90 bits per heavy atom. The minimum Gasteiger partial charge on any atom is -0.450 e. The van der Waals surface area contributed by atoms with Gasteiger partial charge in [-0.05, 0) is 18.4 Å². The second-order valence-electron chi connectivity index (χ2n) is 5.48. The number of amides is 1. The molecule has 0 bridgehead atoms. The summed E-state index contributed by atoms with van der Waals surface area (Å²) in [5.74, 6) is 0. The van der Waals surface area contributed by atoms with Crippen LogP contribution >= 0.6 is 0 Å². The Bertz CT molecular complexity index is 438. The van der Waals surface area contributed by atoms with Crippen LogP contribution in [0.15, 0.2) is 30.3 Å². The number of ether oxygens (including phenoxy) is 1. The third-order valence-corrected chi connectivity index (χ3v) is 3.65. The first-order valence-corrected chi connectivity index (χ1v) is 7.55. The van der Waals surface area contributed by atoms with Gasteiger partial charge in [0.25, 0.3) is 0 Å². The van der Waals surface area contributed by atoms with Crippen molar-refractivity contribution in [3.63, 3.8) is 0 Å². The number of nitrogens with one attached hydrogen (secondary N) is 1. The van der Waals surface area contributed by atoms with E-state index in [9.17, 15) is 9.90 Å². The highest BCUT2D eigenvalue weighted by Crippen LogP contribution is 2.20. The number of benzene rings is 1. The van der Waals surface area contributed by atoms with Gasteiger partial charge in [-0.15, -0.1) is 0 Å². The Kier molecular flexibility index (Phi) is 6.02. The van der Waals surface area contributed by atoms with Crippen LogP contribution < -0.4 is 5.32 Å². The van der Waals surface area contributed by atoms with Gasteiger partial charge < -0.3 is 15.2 Å². The number of aliphatic hydroxyl groups is 1. The Morgan fingerprint density at radius 1 is 1.43 bits per heavy atom. The number of hydrogen-bond donors (Lipinski definition) is 2. The number of β-amino-alcohol motifs (C(OH)–C–C–N with tert-alkyl or cyclic N) is 1. The Morgan fingerprint density at radius 2 is 2.19 bits per heavy atom. The molecule has 0 aliphatic carbocycles. The highest BCUT2D eigenvalue weighted by atomic mass is 16.5. The SMILES string of the molecule is CCCOC(=O)NC[C@H]1C[C@@H](O)CN1Cc1ccccc1. The lowest BCUT2D eigenvalue weighted by Crippen LogP contribution is -2.40. The zero-order valence-electron chi connectivity index (χ0n) is 12.5. The van der Waals surface area contributed by atoms with E-state index in [0.717, 1.165) is 13.0 Å². The lowest BCUT2D eigenvalue weighted by atomic mass is 10.1. The number of likely N-dealkylation sites (tertiary alicyclic amines) is 1. The van der Waals surface area contributed by atoms with Crippen LogP contribution in [0.25, 0.3) is 0 Å². The van der Waals surface area contributed by atoms with Crippen LogP contribution in [0.4, 0.5) is 4.79 Å². The molecular weight excluding hydrogens is 268 g/mol. The quantitative estimate of drug-likeness (QED) is 0.838. The molecule has 0 radical (unpaired) electrons. The first kappa shape index (κ1) is 15.8. The lowest BCUT2D eigenvalue weighted by Gasteiger charge is -2.24. The summed E-state index contributed by atoms with van der Waals surface area (Å²) >= 11 is 0. The average Bonchev–Trinajstić information content (AvgIpc) is 2.83. The molecule has 5 nitrogen and oxygen atoms in total. The molecule has 1 saturated heterocycles. The molecule has 116 valence electrons. The molecule has 0 aromatic heterocycles. The van der Waals surface area contributed by atoms with Gasteiger partial charge in [0, 0.05) is 25.7 Å². The van der Waals surface area contributed by atoms with Crippen molar-refractivity contribution >= 4 is 6.09 Å². The predicted molar refractivity (Wildman–Crippen MR) is 80.9 cm³/mol. The van der Waals surface area contributed by atoms with E-state index in [-0.39, 0.29) is 18.2 Å². The van der Waals surface area contributed by atoms with E-state index in [1.807, 2.05) is 25.1 Å². The summed E-state index contributed by atoms with van der Waals surface area (Å²) in [4.78, 5) is 13.7. The molecule has 0 unspecified atom stereocenters. The molecule has 1 fully saturated rings. The van der Waals surface area contributed by atoms with Gasteiger partial charge in [0.05, 0.1) is 12.7 Å². The number of hydrogen-bond acceptors (Lipinski definition) is 4. The third kappa shape index (κ3) is 5.02. The van der Waals surface area contributed by atoms with Gasteiger partial charge >= 0.3 is 6.09 Å². The van der Waals surface area contributed by atoms with Crippen LogP contribution in [0.2, 0.25) is 0 Å². The van der Waals surface area contributed by atoms with E-state index in [0.29, 0.717) is 26.1 Å². The van der Waals surface area contributed by atoms with E-state index in [4.69, 9.17) is 4.74 Å². The van der Waals surface area contributed by atoms with Gasteiger partial charge in [0.2, 0.25) is 0 Å². The van der Waals surface area contributed by atoms with Crippen LogP contribution in [0.3, 0.4) is 0 Å². The maximum Gasteiger partial charge on any atom is 0.407 e. The molecule has 1 aliphatic rings. The highest BCUT2D eigenvalue weighted by Gasteiger charge is 2.30. The normalized spacial score (nSPS) is 22.2. The maximum atomic E-state index is 11.5. The molecule has 1 aliphatic heterocycles. The van der Waals surface area contributed by atoms with E-state index in [1.54, 1.807) is 0 Å². The summed E-state index contributed by atoms with van der Waals surface area (Å²) < 4.78 is 5.00. The van der Waals surface area contributed by atoms with Gasteiger partial charge in [0.1, 0.15) is 0 Å². The zero-order chi connectivity index (χ0) is 15.1. The fourth-order valence-corrected chi connectivity index (χ4v) is 2.63. The van der Waals surface area contributed by atoms with Crippen molar-refractivity contribution in [2.45, 2.75) is 38.5 Å². The van der Waals surface area contributed by atoms with E-state index in [1.165, 1.54) is 5.56 Å². The molecule has 0 spiro atoms. The van der Waals surface area contributed by atoms with Crippen molar-refractivity contribution in [1.82, 2.24) is 10.2 Å². The monoisotopic (exact) mass is 292 g/mol. The summed E-state index contributed by atoms with van der Waals surface area (Å²) in [6.07, 6.45) is 0.793. The van der Waals surface area contributed by atoms with Gasteiger partial charge in [-0.2, -0.15) is 0 Å². The zero-order valence-corrected chi connectivity index (χ0v) is 12.5. The topological polar surface area (TPSA) is 61.8 Å². The molecular formula is C16H24N2O3. The first-order valence-electron chi connectivity index (χ1n) is 7.55. The van der Waals surface area contributed by atoms with Crippen molar-refractivity contribution in [1.29, 1.82) is 0 Å². The summed E-state index contributed by atoms with van der Waals surface area (Å²) in [7, 11) is 0. The van der Waals surface area contributed by atoms with E-state index < -0.39 is 0 Å². The van der Waals surface area contributed by atoms with Crippen LogP contribution in [-0.2, 0) is 11.3 Å². The summed E-state index contributed by atoms with van der Waals surface area (Å²) in [5, 5.41) is 12.7. The Hall–Kier alpha value is -1.59. The van der Waals surface area contributed by atoms with Crippen molar-refractivity contribution in [3.05, 3.63) is 35.9 Å². The molecule has 1 amide bonds. The number of rotatable bonds is 6. The molecule has 0 saturated carbocycles. The van der Waals surface area contributed by atoms with Gasteiger partial charge in [-0.1, -0.05) is 37.3 Å². The van der Waals surface area contributed by atoms with E-state index >= 15 is 0 Å². The standard InChI is InChI=1S/C16H24N2O3/c1-2-8-21-16(20)17-10-14-9-15(19)12-18(14)11-13-6-4-3-5-7-13/h3-7,14-15,19H,2,8-12H2,1H3,(H,17,20)/t14-,15-/m1/s1. The minimum absolute atomic E-state index is 0.148. The molecule has 1 heterocycles. The molecule has 5 heteroatoms. The van der Waals surface area contributed by atoms with Gasteiger partial charge in [-0.25, -0.2) is 4.79 Å². The smallest absolute Gasteiger partial charge is 0.407 e. The van der Waals surface area contributed by atoms with E-state index in [2.05, 4.69) is 22.3 Å². The average molecular weight is 292 g/mol. The fraction of sp³-hybridized carbons (Fsp3) is 0.562. The van der Waals surface area contributed by atoms with Crippen molar-refractivity contribution in [3.8, 4) is 0 Å². The summed E-state index contributed by atoms with van der Waals surface area (Å²) in [6, 6.07) is 10.3. The molecule has 2 atom stereocenters. The number of carbonyl (C=O) groups is 1. The summed E-state index contributed by atoms with van der Waals surface area (Å²) in [5.41, 5.74) is 1.21. The fourth-order valence-electron chi connectivity index (χ4n) is 2.63. The van der Waals surface area contributed by atoms with Crippen LogP contribution in [0, 0.1) is 0 Å². The molecule has 1 aromatic rings. The van der Waals surface area contributed by atoms with Gasteiger partial charge in [0.15, 0.2) is 0 Å². The van der Waals surface area contributed by atoms with Crippen molar-refractivity contribution in [2.75, 3.05) is 19.7 Å². The van der Waals surface area contributed by atoms with Crippen molar-refractivity contribution in [2.24, 2.45) is 0 Å². The first-order chi connectivity index (χ1) is 10.2. The van der Waals surface area contributed by atoms with Crippen molar-refractivity contribution < 1.29 is 14.6 Å². The molecule has 21 heavy (non-hydrogen) atoms. The molecule has 2 N–H and O–H groups in total. The molecule has 1 aromatic carbocycles. The Balaban J connectivity index is 1.84. The highest BCUT2D eigenvalue weighted by molar-refractivity contribution is 5.67. The lowest BCUT2D eigenvalue weighted by molar-refractivity contribution is 0.141. The van der Waals surface area contributed by atoms with Crippen LogP contribution in [0.5, 0.6) is 0 Å². The third-order valence-electron chi connectivity index (χ3n) is 3.65. The van der Waals surface area contributed by atoms with Crippen LogP contribution in [0.1, 0.15) is 25.3 Å². The molecule has 2 rings (SSSR count). The number of alkyl carbamates (subject to hydrolysis) is 1. The largest absolute Gasteiger partial charge is 0.450 e. The second-order valence-corrected chi connectivity index (χ2v) is 5.48. The second kappa shape index (κ2) is 8.00. The Labute approximate surface area is 125 Å². The number of carbonyl (C=O) groups excluding carboxylic acids is 1. The van der Waals surface area contributed by atoms with Crippen LogP contribution in [-0.4, -0.2) is 47.9 Å². The number of nitrogens with zero attached hydrogens (tertiary/aromatic N) is 1. The summed E-state index contributed by atoms with van der Waals surface area (Å²) in [6.45, 7) is 4.33. The maximum absolute atomic E-state index is 11.5. The minimum atomic E-state index is -0.377. The number of aliphatic hydroxyl groups excluding tert-OH is 1.